The molecule has 2 aromatic rings. The van der Waals surface area contributed by atoms with Crippen molar-refractivity contribution in [3.8, 4) is 0 Å². The molecule has 0 bridgehead atoms. The highest BCUT2D eigenvalue weighted by Gasteiger charge is 2.28. The van der Waals surface area contributed by atoms with Crippen LogP contribution in [0.5, 0.6) is 0 Å². The number of hydrogen-bond acceptors (Lipinski definition) is 2. The summed E-state index contributed by atoms with van der Waals surface area (Å²) in [5.41, 5.74) is 3.55. The molecule has 0 aliphatic carbocycles. The maximum atomic E-state index is 6.25. The van der Waals surface area contributed by atoms with Crippen LogP contribution in [-0.4, -0.2) is 15.0 Å². The lowest BCUT2D eigenvalue weighted by atomic mass is 10.0. The van der Waals surface area contributed by atoms with Crippen molar-refractivity contribution in [1.82, 2.24) is 15.0 Å². The van der Waals surface area contributed by atoms with Gasteiger partial charge in [0.05, 0.1) is 17.4 Å². The number of aryl methyl sites for hydroxylation is 1. The summed E-state index contributed by atoms with van der Waals surface area (Å²) in [6.07, 6.45) is 3.07. The molecule has 1 unspecified atom stereocenters. The molecule has 1 aromatic heterocycles. The zero-order valence-corrected chi connectivity index (χ0v) is 10.5. The summed E-state index contributed by atoms with van der Waals surface area (Å²) in [5.74, 6) is 0. The Balaban J connectivity index is 2.04. The van der Waals surface area contributed by atoms with Crippen molar-refractivity contribution in [2.24, 2.45) is 0 Å². The lowest BCUT2D eigenvalue weighted by molar-refractivity contribution is 0.534. The molecule has 1 atom stereocenters. The maximum Gasteiger partial charge on any atom is 0.0856 e. The molecule has 0 saturated carbocycles. The molecule has 3 rings (SSSR count). The van der Waals surface area contributed by atoms with Crippen molar-refractivity contribution in [3.05, 3.63) is 46.2 Å². The first-order valence-corrected chi connectivity index (χ1v) is 6.36. The van der Waals surface area contributed by atoms with Crippen LogP contribution in [0.2, 0.25) is 5.02 Å². The average Bonchev–Trinajstić information content (AvgIpc) is 2.90. The quantitative estimate of drug-likeness (QED) is 0.817. The van der Waals surface area contributed by atoms with Gasteiger partial charge in [0.15, 0.2) is 0 Å². The van der Waals surface area contributed by atoms with Crippen LogP contribution in [0.3, 0.4) is 0 Å². The Kier molecular flexibility index (Phi) is 2.63. The molecular formula is C13H14ClN3. The Morgan fingerprint density at radius 1 is 1.41 bits per heavy atom. The minimum atomic E-state index is 0.256. The molecule has 4 heteroatoms. The first-order valence-electron chi connectivity index (χ1n) is 5.98. The maximum absolute atomic E-state index is 6.25. The van der Waals surface area contributed by atoms with Gasteiger partial charge in [-0.15, -0.1) is 5.10 Å². The van der Waals surface area contributed by atoms with E-state index in [0.717, 1.165) is 35.5 Å². The fourth-order valence-corrected chi connectivity index (χ4v) is 2.82. The van der Waals surface area contributed by atoms with Crippen molar-refractivity contribution in [2.75, 3.05) is 0 Å². The summed E-state index contributed by atoms with van der Waals surface area (Å²) in [6, 6.07) is 8.26. The molecule has 3 nitrogen and oxygen atoms in total. The molecule has 0 spiro atoms. The van der Waals surface area contributed by atoms with E-state index in [4.69, 9.17) is 11.6 Å². The Labute approximate surface area is 105 Å². The highest BCUT2D eigenvalue weighted by atomic mass is 35.5. The van der Waals surface area contributed by atoms with E-state index >= 15 is 0 Å². The van der Waals surface area contributed by atoms with Gasteiger partial charge in [0.25, 0.3) is 0 Å². The van der Waals surface area contributed by atoms with Gasteiger partial charge in [-0.25, -0.2) is 4.68 Å². The van der Waals surface area contributed by atoms with E-state index in [9.17, 15) is 0 Å². The molecule has 0 fully saturated rings. The van der Waals surface area contributed by atoms with Gasteiger partial charge in [-0.05, 0) is 30.9 Å². The molecule has 17 heavy (non-hydrogen) atoms. The minimum absolute atomic E-state index is 0.256. The van der Waals surface area contributed by atoms with Crippen LogP contribution in [0.4, 0.5) is 0 Å². The molecule has 88 valence electrons. The second-order valence-electron chi connectivity index (χ2n) is 4.36. The van der Waals surface area contributed by atoms with Gasteiger partial charge < -0.3 is 0 Å². The van der Waals surface area contributed by atoms with Gasteiger partial charge in [-0.2, -0.15) is 0 Å². The number of halogens is 1. The van der Waals surface area contributed by atoms with E-state index in [1.54, 1.807) is 0 Å². The zero-order valence-electron chi connectivity index (χ0n) is 9.73. The zero-order chi connectivity index (χ0) is 11.8. The van der Waals surface area contributed by atoms with Gasteiger partial charge in [0.2, 0.25) is 0 Å². The van der Waals surface area contributed by atoms with Crippen molar-refractivity contribution in [1.29, 1.82) is 0 Å². The van der Waals surface area contributed by atoms with Crippen molar-refractivity contribution >= 4 is 11.6 Å². The van der Waals surface area contributed by atoms with Crippen LogP contribution in [0.1, 0.15) is 36.3 Å². The summed E-state index contributed by atoms with van der Waals surface area (Å²) < 4.78 is 2.04. The van der Waals surface area contributed by atoms with Crippen molar-refractivity contribution < 1.29 is 0 Å². The SMILES string of the molecule is CCc1nnn2c1CCC2c1ccccc1Cl. The number of rotatable bonds is 2. The number of aromatic nitrogens is 3. The Bertz CT molecular complexity index is 547. The number of fused-ring (bicyclic) bond motifs is 1. The van der Waals surface area contributed by atoms with Gasteiger partial charge in [-0.3, -0.25) is 0 Å². The highest BCUT2D eigenvalue weighted by Crippen LogP contribution is 2.35. The fraction of sp³-hybridized carbons (Fsp3) is 0.385. The second-order valence-corrected chi connectivity index (χ2v) is 4.76. The van der Waals surface area contributed by atoms with Gasteiger partial charge in [0, 0.05) is 5.02 Å². The summed E-state index contributed by atoms with van der Waals surface area (Å²) in [5, 5.41) is 9.32. The van der Waals surface area contributed by atoms with E-state index in [0.29, 0.717) is 0 Å². The molecule has 2 heterocycles. The predicted octanol–water partition coefficient (Wildman–Crippen LogP) is 3.03. The van der Waals surface area contributed by atoms with Crippen molar-refractivity contribution in [3.63, 3.8) is 0 Å². The lowest BCUT2D eigenvalue weighted by Gasteiger charge is -2.12. The van der Waals surface area contributed by atoms with Gasteiger partial charge in [-0.1, -0.05) is 41.9 Å². The number of benzene rings is 1. The lowest BCUT2D eigenvalue weighted by Crippen LogP contribution is -2.08. The molecular weight excluding hydrogens is 234 g/mol. The van der Waals surface area contributed by atoms with Crippen LogP contribution in [0.25, 0.3) is 0 Å². The molecule has 1 aromatic carbocycles. The van der Waals surface area contributed by atoms with Crippen LogP contribution < -0.4 is 0 Å². The van der Waals surface area contributed by atoms with Gasteiger partial charge in [0.1, 0.15) is 0 Å². The monoisotopic (exact) mass is 247 g/mol. The summed E-state index contributed by atoms with van der Waals surface area (Å²) in [7, 11) is 0. The van der Waals surface area contributed by atoms with Crippen molar-refractivity contribution in [2.45, 2.75) is 32.2 Å². The first kappa shape index (κ1) is 10.8. The third-order valence-electron chi connectivity index (χ3n) is 3.42. The third kappa shape index (κ3) is 1.65. The topological polar surface area (TPSA) is 30.7 Å². The first-order chi connectivity index (χ1) is 8.31. The smallest absolute Gasteiger partial charge is 0.0856 e. The molecule has 1 aliphatic rings. The van der Waals surface area contributed by atoms with E-state index in [-0.39, 0.29) is 6.04 Å². The molecule has 0 saturated heterocycles. The van der Waals surface area contributed by atoms with Crippen LogP contribution in [0.15, 0.2) is 24.3 Å². The third-order valence-corrected chi connectivity index (χ3v) is 3.76. The standard InChI is InChI=1S/C13H14ClN3/c1-2-11-13-8-7-12(17(13)16-15-11)9-5-3-4-6-10(9)14/h3-6,12H,2,7-8H2,1H3. The summed E-state index contributed by atoms with van der Waals surface area (Å²) in [6.45, 7) is 2.12. The molecule has 1 aliphatic heterocycles. The van der Waals surface area contributed by atoms with Crippen LogP contribution in [-0.2, 0) is 12.8 Å². The van der Waals surface area contributed by atoms with E-state index in [1.807, 2.05) is 22.9 Å². The van der Waals surface area contributed by atoms with Gasteiger partial charge >= 0.3 is 0 Å². The minimum Gasteiger partial charge on any atom is -0.242 e. The Morgan fingerprint density at radius 3 is 3.00 bits per heavy atom. The predicted molar refractivity (Wildman–Crippen MR) is 67.3 cm³/mol. The largest absolute Gasteiger partial charge is 0.242 e. The van der Waals surface area contributed by atoms with E-state index < -0.39 is 0 Å². The van der Waals surface area contributed by atoms with E-state index in [1.165, 1.54) is 5.69 Å². The molecule has 0 amide bonds. The highest BCUT2D eigenvalue weighted by molar-refractivity contribution is 6.31. The number of hydrogen-bond donors (Lipinski definition) is 0. The second kappa shape index (κ2) is 4.15. The average molecular weight is 248 g/mol. The fourth-order valence-electron chi connectivity index (χ4n) is 2.56. The Hall–Kier alpha value is -1.35. The molecule has 0 N–H and O–H groups in total. The van der Waals surface area contributed by atoms with E-state index in [2.05, 4.69) is 23.3 Å². The number of nitrogens with zero attached hydrogens (tertiary/aromatic N) is 3. The Morgan fingerprint density at radius 2 is 2.24 bits per heavy atom. The summed E-state index contributed by atoms with van der Waals surface area (Å²) in [4.78, 5) is 0. The normalized spacial score (nSPS) is 18.4. The van der Waals surface area contributed by atoms with Crippen LogP contribution in [0, 0.1) is 0 Å². The molecule has 0 radical (unpaired) electrons. The van der Waals surface area contributed by atoms with Crippen LogP contribution >= 0.6 is 11.6 Å². The summed E-state index contributed by atoms with van der Waals surface area (Å²) >= 11 is 6.25.